The van der Waals surface area contributed by atoms with E-state index in [2.05, 4.69) is 117 Å². The third kappa shape index (κ3) is 3.13. The van der Waals surface area contributed by atoms with E-state index < -0.39 is 8.07 Å². The molecule has 0 N–H and O–H groups in total. The molecule has 1 aliphatic carbocycles. The van der Waals surface area contributed by atoms with Gasteiger partial charge in [-0.15, -0.1) is 0 Å². The normalized spacial score (nSPS) is 14.2. The first-order valence-electron chi connectivity index (χ1n) is 9.80. The number of allylic oxidation sites excluding steroid dienone is 4. The van der Waals surface area contributed by atoms with Crippen molar-refractivity contribution in [2.45, 2.75) is 20.3 Å². The molecule has 0 nitrogen and oxygen atoms in total. The maximum Gasteiger partial charge on any atom is 0.175 e. The Balaban J connectivity index is 2.04. The molecule has 0 saturated heterocycles. The Hall–Kier alpha value is -2.64. The fourth-order valence-corrected chi connectivity index (χ4v) is 9.31. The van der Waals surface area contributed by atoms with Gasteiger partial charge in [0.05, 0.1) is 0 Å². The van der Waals surface area contributed by atoms with E-state index in [9.17, 15) is 0 Å². The lowest BCUT2D eigenvalue weighted by Gasteiger charge is -2.35. The second-order valence-corrected chi connectivity index (χ2v) is 11.5. The molecule has 27 heavy (non-hydrogen) atoms. The summed E-state index contributed by atoms with van der Waals surface area (Å²) in [5, 5.41) is 5.99. The Morgan fingerprint density at radius 1 is 0.630 bits per heavy atom. The Kier molecular flexibility index (Phi) is 4.96. The number of rotatable bonds is 5. The lowest BCUT2D eigenvalue weighted by atomic mass is 10.1. The van der Waals surface area contributed by atoms with Crippen molar-refractivity contribution >= 4 is 23.6 Å². The third-order valence-electron chi connectivity index (χ3n) is 5.67. The Bertz CT molecular complexity index is 854. The Morgan fingerprint density at radius 3 is 1.37 bits per heavy atom. The first-order chi connectivity index (χ1) is 13.2. The smallest absolute Gasteiger partial charge is 0.0773 e. The molecule has 0 aromatic heterocycles. The van der Waals surface area contributed by atoms with E-state index in [1.54, 1.807) is 5.20 Å². The SMILES string of the molecule is CC(C)C1=CCC([Si](c2ccccc2)(c2ccccc2)c2ccccc2)=C1. The molecule has 0 aliphatic heterocycles. The molecule has 134 valence electrons. The summed E-state index contributed by atoms with van der Waals surface area (Å²) in [5.74, 6) is 0.566. The van der Waals surface area contributed by atoms with Gasteiger partial charge < -0.3 is 0 Å². The summed E-state index contributed by atoms with van der Waals surface area (Å²) in [6.45, 7) is 4.59. The number of hydrogen-bond donors (Lipinski definition) is 0. The quantitative estimate of drug-likeness (QED) is 0.457. The van der Waals surface area contributed by atoms with Crippen molar-refractivity contribution in [2.75, 3.05) is 0 Å². The zero-order valence-electron chi connectivity index (χ0n) is 16.1. The molecule has 0 amide bonds. The highest BCUT2D eigenvalue weighted by atomic mass is 28.3. The summed E-state index contributed by atoms with van der Waals surface area (Å²) in [5.41, 5.74) is 1.48. The van der Waals surface area contributed by atoms with Gasteiger partial charge in [0.1, 0.15) is 0 Å². The molecule has 0 atom stereocenters. The summed E-state index contributed by atoms with van der Waals surface area (Å²) in [6, 6.07) is 33.5. The zero-order valence-corrected chi connectivity index (χ0v) is 17.1. The van der Waals surface area contributed by atoms with E-state index >= 15 is 0 Å². The predicted octanol–water partition coefficient (Wildman–Crippen LogP) is 4.61. The van der Waals surface area contributed by atoms with Crippen LogP contribution in [0.15, 0.2) is 114 Å². The van der Waals surface area contributed by atoms with E-state index in [-0.39, 0.29) is 0 Å². The molecule has 0 spiro atoms. The van der Waals surface area contributed by atoms with Gasteiger partial charge in [-0.25, -0.2) is 0 Å². The first-order valence-corrected chi connectivity index (χ1v) is 11.8. The van der Waals surface area contributed by atoms with Crippen LogP contribution in [0.25, 0.3) is 0 Å². The maximum absolute atomic E-state index is 2.50. The lowest BCUT2D eigenvalue weighted by molar-refractivity contribution is 0.793. The molecule has 1 aliphatic rings. The molecule has 0 bridgehead atoms. The van der Waals surface area contributed by atoms with Crippen LogP contribution >= 0.6 is 0 Å². The summed E-state index contributed by atoms with van der Waals surface area (Å²) in [4.78, 5) is 0. The van der Waals surface area contributed by atoms with Crippen molar-refractivity contribution in [3.63, 3.8) is 0 Å². The molecule has 0 saturated carbocycles. The van der Waals surface area contributed by atoms with Gasteiger partial charge in [0.2, 0.25) is 0 Å². The van der Waals surface area contributed by atoms with Gasteiger partial charge in [0.15, 0.2) is 8.07 Å². The number of hydrogen-bond acceptors (Lipinski definition) is 0. The van der Waals surface area contributed by atoms with Crippen LogP contribution in [0, 0.1) is 5.92 Å². The van der Waals surface area contributed by atoms with Crippen LogP contribution in [0.1, 0.15) is 20.3 Å². The summed E-state index contributed by atoms with van der Waals surface area (Å²) >= 11 is 0. The molecule has 0 radical (unpaired) electrons. The van der Waals surface area contributed by atoms with Crippen molar-refractivity contribution in [1.29, 1.82) is 0 Å². The van der Waals surface area contributed by atoms with Crippen molar-refractivity contribution in [3.05, 3.63) is 114 Å². The molecule has 1 heteroatoms. The van der Waals surface area contributed by atoms with Crippen molar-refractivity contribution in [1.82, 2.24) is 0 Å². The summed E-state index contributed by atoms with van der Waals surface area (Å²) in [7, 11) is -2.27. The van der Waals surface area contributed by atoms with E-state index in [1.807, 2.05) is 0 Å². The molecule has 0 heterocycles. The highest BCUT2D eigenvalue weighted by Gasteiger charge is 2.43. The van der Waals surface area contributed by atoms with Gasteiger partial charge in [-0.2, -0.15) is 0 Å². The molecular formula is C26H26Si. The van der Waals surface area contributed by atoms with Gasteiger partial charge in [0.25, 0.3) is 0 Å². The number of benzene rings is 3. The van der Waals surface area contributed by atoms with Crippen molar-refractivity contribution in [3.8, 4) is 0 Å². The average Bonchev–Trinajstić information content (AvgIpc) is 3.22. The minimum absolute atomic E-state index is 0.566. The van der Waals surface area contributed by atoms with Crippen LogP contribution in [-0.2, 0) is 0 Å². The predicted molar refractivity (Wildman–Crippen MR) is 120 cm³/mol. The van der Waals surface area contributed by atoms with E-state index in [0.717, 1.165) is 6.42 Å². The van der Waals surface area contributed by atoms with Gasteiger partial charge >= 0.3 is 0 Å². The standard InChI is InChI=1S/C26H26Si/c1-21(2)22-18-19-26(20-22)27(23-12-6-3-7-13-23,24-14-8-4-9-15-24)25-16-10-5-11-17-25/h3-18,20-21H,19H2,1-2H3. The topological polar surface area (TPSA) is 0 Å². The van der Waals surface area contributed by atoms with Crippen LogP contribution in [0.4, 0.5) is 0 Å². The van der Waals surface area contributed by atoms with Gasteiger partial charge in [0, 0.05) is 0 Å². The van der Waals surface area contributed by atoms with E-state index in [0.29, 0.717) is 5.92 Å². The molecule has 3 aromatic carbocycles. The first kappa shape index (κ1) is 17.8. The second kappa shape index (κ2) is 7.54. The highest BCUT2D eigenvalue weighted by molar-refractivity contribution is 7.16. The minimum Gasteiger partial charge on any atom is -0.0773 e. The molecule has 4 rings (SSSR count). The third-order valence-corrected chi connectivity index (χ3v) is 10.6. The average molecular weight is 367 g/mol. The molecular weight excluding hydrogens is 340 g/mol. The van der Waals surface area contributed by atoms with Crippen LogP contribution in [0.5, 0.6) is 0 Å². The van der Waals surface area contributed by atoms with Gasteiger partial charge in [-0.05, 0) is 33.5 Å². The van der Waals surface area contributed by atoms with Gasteiger partial charge in [-0.3, -0.25) is 0 Å². The Morgan fingerprint density at radius 2 is 1.04 bits per heavy atom. The molecule has 0 fully saturated rings. The van der Waals surface area contributed by atoms with Crippen molar-refractivity contribution < 1.29 is 0 Å². The fraction of sp³-hybridized carbons (Fsp3) is 0.154. The van der Waals surface area contributed by atoms with Crippen LogP contribution in [0.3, 0.4) is 0 Å². The van der Waals surface area contributed by atoms with Crippen LogP contribution < -0.4 is 15.6 Å². The summed E-state index contributed by atoms with van der Waals surface area (Å²) in [6.07, 6.45) is 6.00. The van der Waals surface area contributed by atoms with E-state index in [4.69, 9.17) is 0 Å². The monoisotopic (exact) mass is 366 g/mol. The second-order valence-electron chi connectivity index (χ2n) is 7.58. The fourth-order valence-electron chi connectivity index (χ4n) is 4.33. The minimum atomic E-state index is -2.27. The van der Waals surface area contributed by atoms with Crippen LogP contribution in [0.2, 0.25) is 0 Å². The lowest BCUT2D eigenvalue weighted by Crippen LogP contribution is -2.68. The highest BCUT2D eigenvalue weighted by Crippen LogP contribution is 2.30. The molecule has 0 unspecified atom stereocenters. The molecule has 3 aromatic rings. The van der Waals surface area contributed by atoms with Crippen LogP contribution in [-0.4, -0.2) is 8.07 Å². The van der Waals surface area contributed by atoms with Crippen molar-refractivity contribution in [2.24, 2.45) is 5.92 Å². The largest absolute Gasteiger partial charge is 0.175 e. The summed E-state index contributed by atoms with van der Waals surface area (Å²) < 4.78 is 0. The maximum atomic E-state index is 2.50. The van der Waals surface area contributed by atoms with E-state index in [1.165, 1.54) is 21.1 Å². The van der Waals surface area contributed by atoms with Gasteiger partial charge in [-0.1, -0.05) is 122 Å². The Labute approximate surface area is 163 Å². The zero-order chi connectivity index (χ0) is 18.7.